The number of rotatable bonds is 5. The summed E-state index contributed by atoms with van der Waals surface area (Å²) in [6.07, 6.45) is 7.06. The molecule has 1 aromatic carbocycles. The maximum Gasteiger partial charge on any atom is 0.251 e. The minimum Gasteiger partial charge on any atom is -0.507 e. The van der Waals surface area contributed by atoms with E-state index < -0.39 is 0 Å². The Morgan fingerprint density at radius 1 is 1.27 bits per heavy atom. The Morgan fingerprint density at radius 3 is 2.79 bits per heavy atom. The van der Waals surface area contributed by atoms with Crippen LogP contribution in [0.15, 0.2) is 57.2 Å². The van der Waals surface area contributed by atoms with Crippen LogP contribution in [0.5, 0.6) is 5.75 Å². The molecular weight excluding hydrogens is 415 g/mol. The molecule has 2 radical (unpaired) electrons. The number of nitrogens with one attached hydrogen (secondary N) is 1. The van der Waals surface area contributed by atoms with Crippen LogP contribution in [0.3, 0.4) is 0 Å². The number of amides is 1. The predicted molar refractivity (Wildman–Crippen MR) is 131 cm³/mol. The highest BCUT2D eigenvalue weighted by atomic mass is 16.5. The van der Waals surface area contributed by atoms with Crippen LogP contribution in [0.2, 0.25) is 0 Å². The molecule has 2 saturated heterocycles. The first-order chi connectivity index (χ1) is 16.0. The van der Waals surface area contributed by atoms with Crippen molar-refractivity contribution in [3.63, 3.8) is 0 Å². The summed E-state index contributed by atoms with van der Waals surface area (Å²) in [5, 5.41) is 13.9. The van der Waals surface area contributed by atoms with Crippen molar-refractivity contribution in [1.29, 1.82) is 0 Å². The number of carbonyl (C=O) groups is 1. The van der Waals surface area contributed by atoms with Gasteiger partial charge in [0.05, 0.1) is 12.3 Å². The first kappa shape index (κ1) is 23.3. The molecule has 0 saturated carbocycles. The van der Waals surface area contributed by atoms with E-state index in [1.54, 1.807) is 18.3 Å². The molecule has 1 unspecified atom stereocenters. The predicted octanol–water partition coefficient (Wildman–Crippen LogP) is 2.56. The number of phenolic OH excluding ortho intramolecular Hbond substituents is 1. The van der Waals surface area contributed by atoms with Gasteiger partial charge in [-0.05, 0) is 56.7 Å². The molecule has 0 spiro atoms. The molecular formula is C25H31BN4O3. The van der Waals surface area contributed by atoms with E-state index in [2.05, 4.69) is 15.3 Å². The smallest absolute Gasteiger partial charge is 0.251 e. The molecule has 1 aromatic rings. The summed E-state index contributed by atoms with van der Waals surface area (Å²) in [5.41, 5.74) is 3.34. The molecule has 2 N–H and O–H groups in total. The number of ether oxygens (including phenoxy) is 1. The van der Waals surface area contributed by atoms with Gasteiger partial charge in [0.25, 0.3) is 5.91 Å². The second kappa shape index (κ2) is 10.8. The standard InChI is InChI=1S/C25H31BN4O3/c1-17-21(26)16-27-15-19(13-22(29-17)20-5-2-3-6-23(20)31)28-14-18-8-10-30(11-9-18)25(32)24-7-4-12-33-24/h2-3,5-6,13,16,18,24,28,31H,4,7-12,14-15H2,1H3/b19-13+,21-17?,27-16?,29-22?. The summed E-state index contributed by atoms with van der Waals surface area (Å²) in [6.45, 7) is 5.30. The van der Waals surface area contributed by atoms with E-state index in [-0.39, 0.29) is 17.8 Å². The van der Waals surface area contributed by atoms with Gasteiger partial charge in [-0.3, -0.25) is 14.8 Å². The number of carbonyl (C=O) groups excluding carboxylic acids is 1. The fraction of sp³-hybridized carbons (Fsp3) is 0.480. The second-order valence-corrected chi connectivity index (χ2v) is 8.85. The zero-order valence-corrected chi connectivity index (χ0v) is 19.2. The molecule has 0 aliphatic carbocycles. The Kier molecular flexibility index (Phi) is 7.65. The molecule has 3 aliphatic rings. The number of hydrogen-bond donors (Lipinski definition) is 2. The van der Waals surface area contributed by atoms with Crippen molar-refractivity contribution in [3.8, 4) is 5.75 Å². The first-order valence-corrected chi connectivity index (χ1v) is 11.7. The summed E-state index contributed by atoms with van der Waals surface area (Å²) in [7, 11) is 6.09. The summed E-state index contributed by atoms with van der Waals surface area (Å²) < 4.78 is 5.56. The summed E-state index contributed by atoms with van der Waals surface area (Å²) in [4.78, 5) is 23.7. The number of benzene rings is 1. The maximum absolute atomic E-state index is 12.6. The van der Waals surface area contributed by atoms with Crippen LogP contribution in [0.4, 0.5) is 0 Å². The van der Waals surface area contributed by atoms with Crippen LogP contribution >= 0.6 is 0 Å². The number of phenols is 1. The molecule has 7 nitrogen and oxygen atoms in total. The molecule has 3 aliphatic heterocycles. The number of allylic oxidation sites excluding steroid dienone is 3. The third kappa shape index (κ3) is 5.93. The molecule has 4 rings (SSSR count). The maximum atomic E-state index is 12.6. The minimum absolute atomic E-state index is 0.149. The van der Waals surface area contributed by atoms with E-state index in [0.29, 0.717) is 41.5 Å². The second-order valence-electron chi connectivity index (χ2n) is 8.85. The van der Waals surface area contributed by atoms with E-state index in [9.17, 15) is 9.90 Å². The lowest BCUT2D eigenvalue weighted by atomic mass is 9.95. The average Bonchev–Trinajstić information content (AvgIpc) is 3.38. The van der Waals surface area contributed by atoms with Gasteiger partial charge < -0.3 is 20.1 Å². The molecule has 1 amide bonds. The molecule has 3 heterocycles. The number of piperidine rings is 1. The van der Waals surface area contributed by atoms with Crippen LogP contribution in [-0.2, 0) is 9.53 Å². The third-order valence-corrected chi connectivity index (χ3v) is 6.44. The molecule has 0 bridgehead atoms. The highest BCUT2D eigenvalue weighted by molar-refractivity contribution is 6.33. The van der Waals surface area contributed by atoms with Gasteiger partial charge >= 0.3 is 0 Å². The van der Waals surface area contributed by atoms with Crippen molar-refractivity contribution >= 4 is 25.7 Å². The Bertz CT molecular complexity index is 987. The Balaban J connectivity index is 1.41. The molecule has 33 heavy (non-hydrogen) atoms. The van der Waals surface area contributed by atoms with Crippen LogP contribution < -0.4 is 5.32 Å². The quantitative estimate of drug-likeness (QED) is 0.681. The van der Waals surface area contributed by atoms with Crippen LogP contribution in [0.1, 0.15) is 38.2 Å². The molecule has 0 aromatic heterocycles. The lowest BCUT2D eigenvalue weighted by Crippen LogP contribution is -2.45. The number of aromatic hydroxyl groups is 1. The van der Waals surface area contributed by atoms with Gasteiger partial charge in [0, 0.05) is 49.4 Å². The van der Waals surface area contributed by atoms with E-state index >= 15 is 0 Å². The molecule has 1 atom stereocenters. The third-order valence-electron chi connectivity index (χ3n) is 6.44. The van der Waals surface area contributed by atoms with Crippen molar-refractivity contribution in [2.75, 3.05) is 32.8 Å². The number of likely N-dealkylation sites (tertiary alicyclic amines) is 1. The van der Waals surface area contributed by atoms with Gasteiger partial charge in [-0.15, -0.1) is 0 Å². The molecule has 172 valence electrons. The fourth-order valence-electron chi connectivity index (χ4n) is 4.37. The minimum atomic E-state index is -0.238. The lowest BCUT2D eigenvalue weighted by Gasteiger charge is -2.33. The van der Waals surface area contributed by atoms with Gasteiger partial charge in [0.15, 0.2) is 0 Å². The van der Waals surface area contributed by atoms with E-state index in [1.165, 1.54) is 0 Å². The SMILES string of the molecule is [B]C1=C(C)N=C(c2ccccc2O)/C=C(/NCC2CCN(C(=O)C3CCCO3)CC2)CN=C1. The van der Waals surface area contributed by atoms with Crippen molar-refractivity contribution in [1.82, 2.24) is 10.2 Å². The van der Waals surface area contributed by atoms with Crippen molar-refractivity contribution in [3.05, 3.63) is 52.8 Å². The van der Waals surface area contributed by atoms with Crippen LogP contribution in [0.25, 0.3) is 0 Å². The lowest BCUT2D eigenvalue weighted by molar-refractivity contribution is -0.142. The first-order valence-electron chi connectivity index (χ1n) is 11.7. The Labute approximate surface area is 196 Å². The summed E-state index contributed by atoms with van der Waals surface area (Å²) >= 11 is 0. The van der Waals surface area contributed by atoms with Gasteiger partial charge in [-0.1, -0.05) is 17.6 Å². The largest absolute Gasteiger partial charge is 0.507 e. The van der Waals surface area contributed by atoms with Crippen molar-refractivity contribution in [2.45, 2.75) is 38.7 Å². The number of para-hydroxylation sites is 1. The zero-order chi connectivity index (χ0) is 23.2. The topological polar surface area (TPSA) is 86.5 Å². The van der Waals surface area contributed by atoms with Gasteiger partial charge in [-0.2, -0.15) is 0 Å². The Hall–Kier alpha value is -2.87. The van der Waals surface area contributed by atoms with Gasteiger partial charge in [-0.25, -0.2) is 0 Å². The molecule has 8 heteroatoms. The number of aliphatic imine (C=N–C) groups is 2. The Morgan fingerprint density at radius 2 is 2.06 bits per heavy atom. The normalized spacial score (nSPS) is 23.9. The highest BCUT2D eigenvalue weighted by Gasteiger charge is 2.30. The number of nitrogens with zero attached hydrogens (tertiary/aromatic N) is 3. The average molecular weight is 446 g/mol. The van der Waals surface area contributed by atoms with Gasteiger partial charge in [0.1, 0.15) is 19.7 Å². The number of hydrogen-bond acceptors (Lipinski definition) is 6. The summed E-state index contributed by atoms with van der Waals surface area (Å²) in [6, 6.07) is 7.14. The van der Waals surface area contributed by atoms with E-state index in [4.69, 9.17) is 12.6 Å². The monoisotopic (exact) mass is 446 g/mol. The van der Waals surface area contributed by atoms with Crippen LogP contribution in [0, 0.1) is 5.92 Å². The fourth-order valence-corrected chi connectivity index (χ4v) is 4.37. The van der Waals surface area contributed by atoms with Crippen LogP contribution in [-0.4, -0.2) is 74.6 Å². The summed E-state index contributed by atoms with van der Waals surface area (Å²) in [5.74, 6) is 0.782. The zero-order valence-electron chi connectivity index (χ0n) is 19.2. The van der Waals surface area contributed by atoms with Gasteiger partial charge in [0.2, 0.25) is 0 Å². The highest BCUT2D eigenvalue weighted by Crippen LogP contribution is 2.22. The van der Waals surface area contributed by atoms with E-state index in [0.717, 1.165) is 51.0 Å². The molecule has 2 fully saturated rings. The van der Waals surface area contributed by atoms with Crippen molar-refractivity contribution in [2.24, 2.45) is 15.9 Å². The van der Waals surface area contributed by atoms with Crippen molar-refractivity contribution < 1.29 is 14.6 Å². The van der Waals surface area contributed by atoms with E-state index in [1.807, 2.05) is 30.0 Å².